The molecule has 1 aliphatic heterocycles. The standard InChI is InChI=1S/C20H24N2O3/c1-24-18-8-6-16(7-9-18)19(22-10-12-25-13-11-22)15-21-14-17-4-2-3-5-20(17)23/h2-9,14,19,23H,10-13,15H2,1H3/p+1/t19-/m1/s1. The van der Waals surface area contributed by atoms with Crippen molar-refractivity contribution in [1.82, 2.24) is 0 Å². The molecular formula is C20H25N2O3+. The van der Waals surface area contributed by atoms with E-state index in [1.165, 1.54) is 10.5 Å². The molecule has 2 N–H and O–H groups in total. The molecule has 0 spiro atoms. The van der Waals surface area contributed by atoms with Crippen molar-refractivity contribution in [3.05, 3.63) is 59.7 Å². The number of morpholine rings is 1. The number of methoxy groups -OCH3 is 1. The lowest BCUT2D eigenvalue weighted by molar-refractivity contribution is -0.937. The number of phenols is 1. The van der Waals surface area contributed by atoms with Crippen LogP contribution in [0.25, 0.3) is 0 Å². The lowest BCUT2D eigenvalue weighted by Gasteiger charge is -2.31. The first kappa shape index (κ1) is 17.5. The maximum atomic E-state index is 9.87. The molecule has 0 aromatic heterocycles. The molecule has 0 radical (unpaired) electrons. The Bertz CT molecular complexity index is 694. The molecule has 1 saturated heterocycles. The Labute approximate surface area is 148 Å². The summed E-state index contributed by atoms with van der Waals surface area (Å²) in [5, 5.41) is 9.87. The van der Waals surface area contributed by atoms with Gasteiger partial charge in [0.15, 0.2) is 0 Å². The van der Waals surface area contributed by atoms with E-state index < -0.39 is 0 Å². The molecule has 25 heavy (non-hydrogen) atoms. The second kappa shape index (κ2) is 8.65. The van der Waals surface area contributed by atoms with Gasteiger partial charge in [-0.3, -0.25) is 4.99 Å². The second-order valence-corrected chi connectivity index (χ2v) is 6.15. The molecule has 1 fully saturated rings. The first-order valence-corrected chi connectivity index (χ1v) is 8.62. The van der Waals surface area contributed by atoms with Crippen LogP contribution in [0.1, 0.15) is 17.2 Å². The number of aliphatic imine (C=N–C) groups is 1. The van der Waals surface area contributed by atoms with Gasteiger partial charge < -0.3 is 19.5 Å². The summed E-state index contributed by atoms with van der Waals surface area (Å²) in [5.74, 6) is 1.11. The van der Waals surface area contributed by atoms with Crippen molar-refractivity contribution in [3.8, 4) is 11.5 Å². The summed E-state index contributed by atoms with van der Waals surface area (Å²) >= 11 is 0. The zero-order valence-electron chi connectivity index (χ0n) is 14.5. The van der Waals surface area contributed by atoms with Crippen LogP contribution < -0.4 is 9.64 Å². The zero-order chi connectivity index (χ0) is 17.5. The van der Waals surface area contributed by atoms with Crippen molar-refractivity contribution in [3.63, 3.8) is 0 Å². The summed E-state index contributed by atoms with van der Waals surface area (Å²) < 4.78 is 10.8. The molecular weight excluding hydrogens is 316 g/mol. The van der Waals surface area contributed by atoms with E-state index in [0.717, 1.165) is 37.6 Å². The average Bonchev–Trinajstić information content (AvgIpc) is 2.67. The Morgan fingerprint density at radius 3 is 2.56 bits per heavy atom. The Morgan fingerprint density at radius 2 is 1.88 bits per heavy atom. The van der Waals surface area contributed by atoms with Gasteiger partial charge >= 0.3 is 0 Å². The van der Waals surface area contributed by atoms with Crippen LogP contribution in [0, 0.1) is 0 Å². The van der Waals surface area contributed by atoms with Gasteiger partial charge in [0, 0.05) is 17.3 Å². The van der Waals surface area contributed by atoms with E-state index in [1.807, 2.05) is 30.3 Å². The molecule has 1 atom stereocenters. The van der Waals surface area contributed by atoms with Crippen molar-refractivity contribution in [1.29, 1.82) is 0 Å². The molecule has 1 heterocycles. The van der Waals surface area contributed by atoms with E-state index in [1.54, 1.807) is 19.4 Å². The van der Waals surface area contributed by atoms with Crippen molar-refractivity contribution < 1.29 is 19.5 Å². The first-order valence-electron chi connectivity index (χ1n) is 8.62. The largest absolute Gasteiger partial charge is 0.507 e. The zero-order valence-corrected chi connectivity index (χ0v) is 14.5. The van der Waals surface area contributed by atoms with Crippen molar-refractivity contribution in [2.24, 2.45) is 4.99 Å². The molecule has 1 aliphatic rings. The minimum atomic E-state index is 0.256. The minimum Gasteiger partial charge on any atom is -0.507 e. The second-order valence-electron chi connectivity index (χ2n) is 6.15. The Balaban J connectivity index is 1.77. The molecule has 0 saturated carbocycles. The molecule has 0 unspecified atom stereocenters. The SMILES string of the molecule is COc1ccc([C@@H](CN=Cc2ccccc2O)[NH+]2CCOCC2)cc1. The van der Waals surface area contributed by atoms with E-state index in [4.69, 9.17) is 9.47 Å². The topological polar surface area (TPSA) is 55.5 Å². The van der Waals surface area contributed by atoms with Crippen LogP contribution in [0.15, 0.2) is 53.5 Å². The summed E-state index contributed by atoms with van der Waals surface area (Å²) in [5.41, 5.74) is 1.99. The van der Waals surface area contributed by atoms with Gasteiger partial charge in [0.2, 0.25) is 0 Å². The summed E-state index contributed by atoms with van der Waals surface area (Å²) in [6.07, 6.45) is 1.76. The number of phenolic OH excluding ortho intramolecular Hbond substituents is 1. The van der Waals surface area contributed by atoms with Crippen LogP contribution in [0.3, 0.4) is 0 Å². The lowest BCUT2D eigenvalue weighted by Crippen LogP contribution is -3.14. The number of quaternary nitrogens is 1. The number of aromatic hydroxyl groups is 1. The summed E-state index contributed by atoms with van der Waals surface area (Å²) in [7, 11) is 1.68. The molecule has 0 bridgehead atoms. The van der Waals surface area contributed by atoms with Gasteiger partial charge in [0.1, 0.15) is 30.6 Å². The number of nitrogens with one attached hydrogen (secondary N) is 1. The third kappa shape index (κ3) is 4.59. The fourth-order valence-corrected chi connectivity index (χ4v) is 3.14. The van der Waals surface area contributed by atoms with Gasteiger partial charge in [-0.25, -0.2) is 0 Å². The van der Waals surface area contributed by atoms with E-state index in [-0.39, 0.29) is 11.8 Å². The molecule has 2 aromatic rings. The van der Waals surface area contributed by atoms with Crippen LogP contribution in [-0.2, 0) is 4.74 Å². The summed E-state index contributed by atoms with van der Waals surface area (Å²) in [6.45, 7) is 4.18. The molecule has 0 aliphatic carbocycles. The van der Waals surface area contributed by atoms with Crippen molar-refractivity contribution in [2.75, 3.05) is 40.0 Å². The third-order valence-corrected chi connectivity index (χ3v) is 4.60. The Kier molecular flexibility index (Phi) is 6.04. The fraction of sp³-hybridized carbons (Fsp3) is 0.350. The highest BCUT2D eigenvalue weighted by Crippen LogP contribution is 2.17. The van der Waals surface area contributed by atoms with Crippen LogP contribution in [0.4, 0.5) is 0 Å². The average molecular weight is 341 g/mol. The highest BCUT2D eigenvalue weighted by atomic mass is 16.5. The van der Waals surface area contributed by atoms with Crippen LogP contribution in [-0.4, -0.2) is 51.3 Å². The van der Waals surface area contributed by atoms with E-state index in [9.17, 15) is 5.11 Å². The highest BCUT2D eigenvalue weighted by Gasteiger charge is 2.26. The smallest absolute Gasteiger partial charge is 0.133 e. The van der Waals surface area contributed by atoms with Crippen LogP contribution in [0.2, 0.25) is 0 Å². The molecule has 2 aromatic carbocycles. The quantitative estimate of drug-likeness (QED) is 0.783. The lowest BCUT2D eigenvalue weighted by atomic mass is 10.0. The molecule has 5 nitrogen and oxygen atoms in total. The van der Waals surface area contributed by atoms with Crippen LogP contribution in [0.5, 0.6) is 11.5 Å². The number of nitrogens with zero attached hydrogens (tertiary/aromatic N) is 1. The number of para-hydroxylation sites is 1. The predicted molar refractivity (Wildman–Crippen MR) is 97.8 cm³/mol. The van der Waals surface area contributed by atoms with Gasteiger partial charge in [0.25, 0.3) is 0 Å². The molecule has 5 heteroatoms. The summed E-state index contributed by atoms with van der Waals surface area (Å²) in [4.78, 5) is 6.10. The predicted octanol–water partition coefficient (Wildman–Crippen LogP) is 1.48. The number of hydrogen-bond donors (Lipinski definition) is 2. The monoisotopic (exact) mass is 341 g/mol. The molecule has 132 valence electrons. The minimum absolute atomic E-state index is 0.256. The van der Waals surface area contributed by atoms with Crippen molar-refractivity contribution >= 4 is 6.21 Å². The Morgan fingerprint density at radius 1 is 1.16 bits per heavy atom. The molecule has 3 rings (SSSR count). The summed E-state index contributed by atoms with van der Waals surface area (Å²) in [6, 6.07) is 15.7. The van der Waals surface area contributed by atoms with Gasteiger partial charge in [-0.1, -0.05) is 12.1 Å². The van der Waals surface area contributed by atoms with E-state index >= 15 is 0 Å². The van der Waals surface area contributed by atoms with Crippen LogP contribution >= 0.6 is 0 Å². The maximum absolute atomic E-state index is 9.87. The number of rotatable bonds is 6. The number of benzene rings is 2. The molecule has 0 amide bonds. The van der Waals surface area contributed by atoms with E-state index in [0.29, 0.717) is 6.54 Å². The van der Waals surface area contributed by atoms with Gasteiger partial charge in [-0.05, 0) is 36.4 Å². The van der Waals surface area contributed by atoms with Crippen molar-refractivity contribution in [2.45, 2.75) is 6.04 Å². The van der Waals surface area contributed by atoms with E-state index in [2.05, 4.69) is 17.1 Å². The fourth-order valence-electron chi connectivity index (χ4n) is 3.14. The van der Waals surface area contributed by atoms with Gasteiger partial charge in [-0.15, -0.1) is 0 Å². The Hall–Kier alpha value is -2.37. The normalized spacial score (nSPS) is 16.8. The van der Waals surface area contributed by atoms with Gasteiger partial charge in [0.05, 0.1) is 26.9 Å². The van der Waals surface area contributed by atoms with Gasteiger partial charge in [-0.2, -0.15) is 0 Å². The third-order valence-electron chi connectivity index (χ3n) is 4.60. The highest BCUT2D eigenvalue weighted by molar-refractivity contribution is 5.83. The number of ether oxygens (including phenoxy) is 2. The number of hydrogen-bond acceptors (Lipinski definition) is 4. The first-order chi connectivity index (χ1) is 12.3. The maximum Gasteiger partial charge on any atom is 0.133 e.